The first-order valence-corrected chi connectivity index (χ1v) is 9.22. The molecule has 1 aromatic heterocycles. The van der Waals surface area contributed by atoms with Crippen LogP contribution in [0.15, 0.2) is 85.5 Å². The van der Waals surface area contributed by atoms with Crippen molar-refractivity contribution >= 4 is 5.78 Å². The third kappa shape index (κ3) is 4.40. The Morgan fingerprint density at radius 1 is 0.923 bits per heavy atom. The summed E-state index contributed by atoms with van der Waals surface area (Å²) in [5, 5.41) is 0. The van der Waals surface area contributed by atoms with E-state index in [-0.39, 0.29) is 5.78 Å². The maximum Gasteiger partial charge on any atom is 0.163 e. The summed E-state index contributed by atoms with van der Waals surface area (Å²) in [6, 6.07) is 24.3. The second-order valence-electron chi connectivity index (χ2n) is 6.45. The number of allylic oxidation sites excluding steroid dienone is 1. The summed E-state index contributed by atoms with van der Waals surface area (Å²) in [5.41, 5.74) is 4.45. The van der Waals surface area contributed by atoms with Gasteiger partial charge in [0.05, 0.1) is 0 Å². The summed E-state index contributed by atoms with van der Waals surface area (Å²) >= 11 is 0. The van der Waals surface area contributed by atoms with Crippen molar-refractivity contribution in [3.63, 3.8) is 0 Å². The molecule has 0 N–H and O–H groups in total. The minimum Gasteiger partial charge on any atom is -0.345 e. The van der Waals surface area contributed by atoms with Crippen LogP contribution in [0.25, 0.3) is 11.3 Å². The van der Waals surface area contributed by atoms with Crippen molar-refractivity contribution in [1.29, 1.82) is 0 Å². The van der Waals surface area contributed by atoms with Crippen LogP contribution in [0, 0.1) is 0 Å². The van der Waals surface area contributed by atoms with Crippen LogP contribution in [0.5, 0.6) is 0 Å². The van der Waals surface area contributed by atoms with Gasteiger partial charge in [-0.1, -0.05) is 66.7 Å². The first-order chi connectivity index (χ1) is 12.8. The summed E-state index contributed by atoms with van der Waals surface area (Å²) in [4.78, 5) is 12.4. The van der Waals surface area contributed by atoms with Gasteiger partial charge in [-0.05, 0) is 37.0 Å². The van der Waals surface area contributed by atoms with E-state index in [0.717, 1.165) is 31.4 Å². The number of aryl methyl sites for hydroxylation is 1. The fraction of sp³-hybridized carbons (Fsp3) is 0.208. The fourth-order valence-corrected chi connectivity index (χ4v) is 3.26. The van der Waals surface area contributed by atoms with Crippen molar-refractivity contribution in [2.45, 2.75) is 32.2 Å². The van der Waals surface area contributed by atoms with Crippen molar-refractivity contribution in [3.05, 3.63) is 96.7 Å². The van der Waals surface area contributed by atoms with Gasteiger partial charge in [0, 0.05) is 29.9 Å². The predicted octanol–water partition coefficient (Wildman–Crippen LogP) is 5.94. The van der Waals surface area contributed by atoms with Gasteiger partial charge in [0.2, 0.25) is 0 Å². The lowest BCUT2D eigenvalue weighted by atomic mass is 10.1. The maximum absolute atomic E-state index is 12.4. The lowest BCUT2D eigenvalue weighted by Crippen LogP contribution is -2.08. The van der Waals surface area contributed by atoms with E-state index in [1.807, 2.05) is 42.5 Å². The molecule has 0 fully saturated rings. The molecule has 0 amide bonds. The number of benzene rings is 2. The Kier molecular flexibility index (Phi) is 6.21. The van der Waals surface area contributed by atoms with E-state index in [9.17, 15) is 4.79 Å². The molecule has 26 heavy (non-hydrogen) atoms. The maximum atomic E-state index is 12.4. The number of nitrogens with zero attached hydrogens (tertiary/aromatic N) is 1. The van der Waals surface area contributed by atoms with Crippen LogP contribution in [0.1, 0.15) is 35.3 Å². The normalized spacial score (nSPS) is 10.6. The summed E-state index contributed by atoms with van der Waals surface area (Å²) in [7, 11) is 0. The monoisotopic (exact) mass is 343 g/mol. The van der Waals surface area contributed by atoms with Crippen LogP contribution in [-0.4, -0.2) is 10.4 Å². The molecule has 3 rings (SSSR count). The molecule has 0 bridgehead atoms. The molecule has 0 aliphatic heterocycles. The molecule has 0 saturated carbocycles. The van der Waals surface area contributed by atoms with Crippen LogP contribution >= 0.6 is 0 Å². The minimum atomic E-state index is 0.200. The number of hydrogen-bond acceptors (Lipinski definition) is 1. The third-order valence-corrected chi connectivity index (χ3v) is 4.63. The van der Waals surface area contributed by atoms with E-state index >= 15 is 0 Å². The standard InChI is InChI=1S/C24H25NO/c1-2-3-10-19-25-22(15-17-23(25)20-11-6-4-7-12-20)16-18-24(26)21-13-8-5-9-14-21/h2,4-9,11-15,17H,1,3,10,16,18-19H2. The van der Waals surface area contributed by atoms with Gasteiger partial charge in [-0.15, -0.1) is 6.58 Å². The summed E-state index contributed by atoms with van der Waals surface area (Å²) in [6.45, 7) is 4.76. The first-order valence-electron chi connectivity index (χ1n) is 9.22. The highest BCUT2D eigenvalue weighted by molar-refractivity contribution is 5.96. The topological polar surface area (TPSA) is 22.0 Å². The zero-order valence-corrected chi connectivity index (χ0v) is 15.1. The van der Waals surface area contributed by atoms with Crippen LogP contribution < -0.4 is 0 Å². The Morgan fingerprint density at radius 2 is 1.62 bits per heavy atom. The highest BCUT2D eigenvalue weighted by atomic mass is 16.1. The van der Waals surface area contributed by atoms with Gasteiger partial charge in [0.1, 0.15) is 0 Å². The number of hydrogen-bond donors (Lipinski definition) is 0. The molecule has 0 aliphatic rings. The Morgan fingerprint density at radius 3 is 2.31 bits per heavy atom. The summed E-state index contributed by atoms with van der Waals surface area (Å²) in [6.07, 6.45) is 5.30. The second-order valence-corrected chi connectivity index (χ2v) is 6.45. The second kappa shape index (κ2) is 9.00. The van der Waals surface area contributed by atoms with Crippen molar-refractivity contribution in [3.8, 4) is 11.3 Å². The predicted molar refractivity (Wildman–Crippen MR) is 108 cm³/mol. The SMILES string of the molecule is C=CCCCn1c(CCC(=O)c2ccccc2)ccc1-c1ccccc1. The first kappa shape index (κ1) is 17.9. The number of carbonyl (C=O) groups is 1. The molecule has 1 heterocycles. The van der Waals surface area contributed by atoms with Crippen LogP contribution in [0.2, 0.25) is 0 Å². The molecule has 3 aromatic rings. The largest absolute Gasteiger partial charge is 0.345 e. The van der Waals surface area contributed by atoms with E-state index in [4.69, 9.17) is 0 Å². The molecule has 2 heteroatoms. The number of rotatable bonds is 9. The molecule has 0 radical (unpaired) electrons. The fourth-order valence-electron chi connectivity index (χ4n) is 3.26. The van der Waals surface area contributed by atoms with Gasteiger partial charge < -0.3 is 4.57 Å². The third-order valence-electron chi connectivity index (χ3n) is 4.63. The Bertz CT molecular complexity index is 846. The molecule has 0 aliphatic carbocycles. The van der Waals surface area contributed by atoms with Crippen LogP contribution in [0.4, 0.5) is 0 Å². The van der Waals surface area contributed by atoms with Gasteiger partial charge in [0.15, 0.2) is 5.78 Å². The molecule has 132 valence electrons. The van der Waals surface area contributed by atoms with Crippen molar-refractivity contribution in [1.82, 2.24) is 4.57 Å². The van der Waals surface area contributed by atoms with Gasteiger partial charge in [-0.3, -0.25) is 4.79 Å². The molecule has 0 saturated heterocycles. The molecular formula is C24H25NO. The quantitative estimate of drug-likeness (QED) is 0.268. The van der Waals surface area contributed by atoms with Gasteiger partial charge in [0.25, 0.3) is 0 Å². The molecular weight excluding hydrogens is 318 g/mol. The van der Waals surface area contributed by atoms with E-state index in [0.29, 0.717) is 6.42 Å². The Labute approximate surface area is 155 Å². The zero-order chi connectivity index (χ0) is 18.2. The Balaban J connectivity index is 1.78. The van der Waals surface area contributed by atoms with Crippen molar-refractivity contribution in [2.75, 3.05) is 0 Å². The average Bonchev–Trinajstić information content (AvgIpc) is 3.10. The van der Waals surface area contributed by atoms with E-state index in [1.54, 1.807) is 0 Å². The van der Waals surface area contributed by atoms with Crippen LogP contribution in [0.3, 0.4) is 0 Å². The van der Waals surface area contributed by atoms with E-state index < -0.39 is 0 Å². The lowest BCUT2D eigenvalue weighted by molar-refractivity contribution is 0.0982. The summed E-state index contributed by atoms with van der Waals surface area (Å²) in [5.74, 6) is 0.200. The van der Waals surface area contributed by atoms with Gasteiger partial charge in [-0.2, -0.15) is 0 Å². The van der Waals surface area contributed by atoms with Gasteiger partial charge in [-0.25, -0.2) is 0 Å². The average molecular weight is 343 g/mol. The van der Waals surface area contributed by atoms with Crippen molar-refractivity contribution in [2.24, 2.45) is 0 Å². The molecule has 0 unspecified atom stereocenters. The smallest absolute Gasteiger partial charge is 0.163 e. The van der Waals surface area contributed by atoms with Crippen LogP contribution in [-0.2, 0) is 13.0 Å². The number of ketones is 1. The number of carbonyl (C=O) groups excluding carboxylic acids is 1. The van der Waals surface area contributed by atoms with Gasteiger partial charge >= 0.3 is 0 Å². The molecule has 0 atom stereocenters. The number of aromatic nitrogens is 1. The number of unbranched alkanes of at least 4 members (excludes halogenated alkanes) is 1. The minimum absolute atomic E-state index is 0.200. The number of Topliss-reactive ketones (excluding diaryl/α,β-unsaturated/α-hetero) is 1. The zero-order valence-electron chi connectivity index (χ0n) is 15.1. The lowest BCUT2D eigenvalue weighted by Gasteiger charge is -2.13. The molecule has 2 aromatic carbocycles. The highest BCUT2D eigenvalue weighted by Crippen LogP contribution is 2.24. The van der Waals surface area contributed by atoms with E-state index in [1.165, 1.54) is 17.0 Å². The molecule has 0 spiro atoms. The van der Waals surface area contributed by atoms with E-state index in [2.05, 4.69) is 47.5 Å². The highest BCUT2D eigenvalue weighted by Gasteiger charge is 2.12. The Hall–Kier alpha value is -2.87. The summed E-state index contributed by atoms with van der Waals surface area (Å²) < 4.78 is 2.36. The molecule has 2 nitrogen and oxygen atoms in total. The van der Waals surface area contributed by atoms with Crippen molar-refractivity contribution < 1.29 is 4.79 Å².